The minimum absolute atomic E-state index is 0.0395. The van der Waals surface area contributed by atoms with E-state index in [2.05, 4.69) is 15.9 Å². The average molecular weight is 275 g/mol. The fourth-order valence-corrected chi connectivity index (χ4v) is 1.66. The Morgan fingerprint density at radius 2 is 2.13 bits per heavy atom. The number of halogens is 1. The van der Waals surface area contributed by atoms with Crippen molar-refractivity contribution < 1.29 is 14.6 Å². The summed E-state index contributed by atoms with van der Waals surface area (Å²) in [6, 6.07) is 5.51. The Morgan fingerprint density at radius 1 is 1.33 bits per heavy atom. The molecule has 0 aliphatic rings. The van der Waals surface area contributed by atoms with Crippen LogP contribution >= 0.6 is 15.9 Å². The summed E-state index contributed by atoms with van der Waals surface area (Å²) in [6.45, 7) is 3.81. The molecule has 0 saturated heterocycles. The van der Waals surface area contributed by atoms with Crippen LogP contribution in [0.25, 0.3) is 0 Å². The predicted octanol–water partition coefficient (Wildman–Crippen LogP) is 2.36. The molecule has 0 fully saturated rings. The maximum atomic E-state index is 8.92. The molecule has 0 aliphatic carbocycles. The fraction of sp³-hybridized carbons (Fsp3) is 0.455. The van der Waals surface area contributed by atoms with Crippen molar-refractivity contribution in [3.05, 3.63) is 28.2 Å². The van der Waals surface area contributed by atoms with Crippen molar-refractivity contribution in [3.63, 3.8) is 0 Å². The zero-order valence-electron chi connectivity index (χ0n) is 8.70. The van der Waals surface area contributed by atoms with Gasteiger partial charge < -0.3 is 14.6 Å². The Labute approximate surface area is 98.1 Å². The Balaban J connectivity index is 2.47. The SMILES string of the molecule is CCOCCOc1ccc(CO)cc1Br. The van der Waals surface area contributed by atoms with Crippen LogP contribution < -0.4 is 4.74 Å². The van der Waals surface area contributed by atoms with Crippen LogP contribution in [0, 0.1) is 0 Å². The zero-order valence-corrected chi connectivity index (χ0v) is 10.3. The smallest absolute Gasteiger partial charge is 0.133 e. The van der Waals surface area contributed by atoms with Gasteiger partial charge in [-0.05, 0) is 40.5 Å². The lowest BCUT2D eigenvalue weighted by Gasteiger charge is -2.08. The van der Waals surface area contributed by atoms with Gasteiger partial charge in [0.1, 0.15) is 12.4 Å². The standard InChI is InChI=1S/C11H15BrO3/c1-2-14-5-6-15-11-4-3-9(8-13)7-10(11)12/h3-4,7,13H,2,5-6,8H2,1H3. The first kappa shape index (κ1) is 12.5. The number of hydrogen-bond acceptors (Lipinski definition) is 3. The largest absolute Gasteiger partial charge is 0.490 e. The molecule has 0 amide bonds. The molecule has 1 aromatic carbocycles. The lowest BCUT2D eigenvalue weighted by Crippen LogP contribution is -2.06. The average Bonchev–Trinajstić information content (AvgIpc) is 2.26. The molecule has 0 aromatic heterocycles. The van der Waals surface area contributed by atoms with E-state index in [1.807, 2.05) is 25.1 Å². The van der Waals surface area contributed by atoms with Gasteiger partial charge in [-0.1, -0.05) is 6.07 Å². The number of hydrogen-bond donors (Lipinski definition) is 1. The van der Waals surface area contributed by atoms with E-state index in [1.165, 1.54) is 0 Å². The van der Waals surface area contributed by atoms with Crippen LogP contribution in [-0.4, -0.2) is 24.9 Å². The van der Waals surface area contributed by atoms with E-state index in [9.17, 15) is 0 Å². The maximum absolute atomic E-state index is 8.92. The molecule has 84 valence electrons. The van der Waals surface area contributed by atoms with Crippen LogP contribution in [-0.2, 0) is 11.3 Å². The molecule has 0 unspecified atom stereocenters. The molecule has 1 N–H and O–H groups in total. The Bertz CT molecular complexity index is 302. The summed E-state index contributed by atoms with van der Waals surface area (Å²) in [6.07, 6.45) is 0. The molecule has 3 nitrogen and oxygen atoms in total. The van der Waals surface area contributed by atoms with Crippen molar-refractivity contribution in [3.8, 4) is 5.75 Å². The van der Waals surface area contributed by atoms with E-state index in [0.717, 1.165) is 15.8 Å². The second kappa shape index (κ2) is 6.82. The highest BCUT2D eigenvalue weighted by atomic mass is 79.9. The van der Waals surface area contributed by atoms with Gasteiger partial charge in [0.05, 0.1) is 17.7 Å². The molecular formula is C11H15BrO3. The summed E-state index contributed by atoms with van der Waals surface area (Å²) in [5.41, 5.74) is 0.860. The molecule has 0 heterocycles. The second-order valence-corrected chi connectivity index (χ2v) is 3.82. The summed E-state index contributed by atoms with van der Waals surface area (Å²) in [5.74, 6) is 0.770. The third-order valence-corrected chi connectivity index (χ3v) is 2.49. The van der Waals surface area contributed by atoms with Gasteiger partial charge in [-0.15, -0.1) is 0 Å². The van der Waals surface area contributed by atoms with Gasteiger partial charge in [-0.3, -0.25) is 0 Å². The third-order valence-electron chi connectivity index (χ3n) is 1.87. The molecule has 0 saturated carbocycles. The van der Waals surface area contributed by atoms with E-state index in [1.54, 1.807) is 0 Å². The van der Waals surface area contributed by atoms with Crippen LogP contribution in [0.15, 0.2) is 22.7 Å². The van der Waals surface area contributed by atoms with Gasteiger partial charge in [0.15, 0.2) is 0 Å². The van der Waals surface area contributed by atoms with Gasteiger partial charge >= 0.3 is 0 Å². The topological polar surface area (TPSA) is 38.7 Å². The first-order valence-corrected chi connectivity index (χ1v) is 5.67. The van der Waals surface area contributed by atoms with E-state index in [-0.39, 0.29) is 6.61 Å². The van der Waals surface area contributed by atoms with Crippen LogP contribution in [0.3, 0.4) is 0 Å². The zero-order chi connectivity index (χ0) is 11.1. The van der Waals surface area contributed by atoms with Crippen molar-refractivity contribution >= 4 is 15.9 Å². The number of rotatable bonds is 6. The number of aliphatic hydroxyl groups is 1. The van der Waals surface area contributed by atoms with Crippen molar-refractivity contribution in [1.29, 1.82) is 0 Å². The molecule has 1 aromatic rings. The molecule has 0 spiro atoms. The quantitative estimate of drug-likeness (QED) is 0.810. The fourth-order valence-electron chi connectivity index (χ4n) is 1.11. The summed E-state index contributed by atoms with van der Waals surface area (Å²) in [5, 5.41) is 8.92. The first-order chi connectivity index (χ1) is 7.27. The molecule has 0 bridgehead atoms. The van der Waals surface area contributed by atoms with Crippen LogP contribution in [0.4, 0.5) is 0 Å². The summed E-state index contributed by atoms with van der Waals surface area (Å²) in [7, 11) is 0. The van der Waals surface area contributed by atoms with Gasteiger partial charge in [-0.2, -0.15) is 0 Å². The van der Waals surface area contributed by atoms with Gasteiger partial charge in [0.25, 0.3) is 0 Å². The lowest BCUT2D eigenvalue weighted by molar-refractivity contribution is 0.110. The maximum Gasteiger partial charge on any atom is 0.133 e. The van der Waals surface area contributed by atoms with E-state index >= 15 is 0 Å². The molecule has 0 radical (unpaired) electrons. The van der Waals surface area contributed by atoms with Crippen LogP contribution in [0.5, 0.6) is 5.75 Å². The molecule has 0 aliphatic heterocycles. The first-order valence-electron chi connectivity index (χ1n) is 4.87. The lowest BCUT2D eigenvalue weighted by atomic mass is 10.2. The van der Waals surface area contributed by atoms with Gasteiger partial charge in [-0.25, -0.2) is 0 Å². The van der Waals surface area contributed by atoms with Crippen LogP contribution in [0.2, 0.25) is 0 Å². The van der Waals surface area contributed by atoms with Crippen molar-refractivity contribution in [2.45, 2.75) is 13.5 Å². The third kappa shape index (κ3) is 4.20. The Kier molecular flexibility index (Phi) is 5.68. The number of aliphatic hydroxyl groups excluding tert-OH is 1. The van der Waals surface area contributed by atoms with Gasteiger partial charge in [0.2, 0.25) is 0 Å². The summed E-state index contributed by atoms with van der Waals surface area (Å²) < 4.78 is 11.5. The molecule has 15 heavy (non-hydrogen) atoms. The highest BCUT2D eigenvalue weighted by Gasteiger charge is 2.01. The van der Waals surface area contributed by atoms with Crippen molar-refractivity contribution in [2.24, 2.45) is 0 Å². The predicted molar refractivity (Wildman–Crippen MR) is 62.1 cm³/mol. The number of ether oxygens (including phenoxy) is 2. The molecule has 4 heteroatoms. The van der Waals surface area contributed by atoms with Crippen molar-refractivity contribution in [2.75, 3.05) is 19.8 Å². The monoisotopic (exact) mass is 274 g/mol. The normalized spacial score (nSPS) is 10.3. The summed E-state index contributed by atoms with van der Waals surface area (Å²) >= 11 is 3.38. The molecule has 0 atom stereocenters. The van der Waals surface area contributed by atoms with Crippen LogP contribution in [0.1, 0.15) is 12.5 Å². The van der Waals surface area contributed by atoms with E-state index in [4.69, 9.17) is 14.6 Å². The summed E-state index contributed by atoms with van der Waals surface area (Å²) in [4.78, 5) is 0. The highest BCUT2D eigenvalue weighted by molar-refractivity contribution is 9.10. The second-order valence-electron chi connectivity index (χ2n) is 2.97. The van der Waals surface area contributed by atoms with Crippen molar-refractivity contribution in [1.82, 2.24) is 0 Å². The molecular weight excluding hydrogens is 260 g/mol. The van der Waals surface area contributed by atoms with E-state index in [0.29, 0.717) is 19.8 Å². The van der Waals surface area contributed by atoms with Gasteiger partial charge in [0, 0.05) is 6.61 Å². The molecule has 1 rings (SSSR count). The Morgan fingerprint density at radius 3 is 2.73 bits per heavy atom. The highest BCUT2D eigenvalue weighted by Crippen LogP contribution is 2.25. The number of benzene rings is 1. The minimum atomic E-state index is 0.0395. The minimum Gasteiger partial charge on any atom is -0.490 e. The van der Waals surface area contributed by atoms with E-state index < -0.39 is 0 Å². The Hall–Kier alpha value is -0.580.